The third-order valence-electron chi connectivity index (χ3n) is 1.61. The summed E-state index contributed by atoms with van der Waals surface area (Å²) in [4.78, 5) is -0.479. The quantitative estimate of drug-likeness (QED) is 0.365. The van der Waals surface area contributed by atoms with Crippen molar-refractivity contribution in [2.45, 2.75) is 58.0 Å². The first-order valence-electron chi connectivity index (χ1n) is 4.46. The fourth-order valence-corrected chi connectivity index (χ4v) is 0.669. The molecule has 0 aliphatic rings. The predicted octanol–water partition coefficient (Wildman–Crippen LogP) is 3.99. The molecule has 0 bridgehead atoms. The van der Waals surface area contributed by atoms with Gasteiger partial charge in [0, 0.05) is 0 Å². The summed E-state index contributed by atoms with van der Waals surface area (Å²) in [5, 5.41) is 8.32. The maximum atomic E-state index is 6.15. The minimum absolute atomic E-state index is 0.121. The van der Waals surface area contributed by atoms with Crippen LogP contribution in [0.5, 0.6) is 0 Å². The third-order valence-corrected chi connectivity index (χ3v) is 2.22. The van der Waals surface area contributed by atoms with E-state index >= 15 is 0 Å². The molecule has 0 rings (SSSR count). The van der Waals surface area contributed by atoms with Crippen LogP contribution in [0, 0.1) is 0 Å². The van der Waals surface area contributed by atoms with Crippen LogP contribution < -0.4 is 0 Å². The lowest BCUT2D eigenvalue weighted by Gasteiger charge is -2.19. The van der Waals surface area contributed by atoms with Crippen LogP contribution in [0.25, 0.3) is 0 Å². The molecule has 0 fully saturated rings. The van der Waals surface area contributed by atoms with Crippen molar-refractivity contribution in [1.82, 2.24) is 0 Å². The molecule has 0 N–H and O–H groups in total. The molecular formula is C9H19ClN2. The molecule has 0 amide bonds. The fourth-order valence-electron chi connectivity index (χ4n) is 0.631. The highest BCUT2D eigenvalue weighted by atomic mass is 35.5. The van der Waals surface area contributed by atoms with Crippen LogP contribution in [-0.4, -0.2) is 10.5 Å². The first-order valence-corrected chi connectivity index (χ1v) is 4.84. The van der Waals surface area contributed by atoms with E-state index in [4.69, 9.17) is 11.6 Å². The van der Waals surface area contributed by atoms with Gasteiger partial charge in [-0.15, -0.1) is 0 Å². The molecule has 72 valence electrons. The minimum atomic E-state index is -0.479. The van der Waals surface area contributed by atoms with E-state index in [0.717, 1.165) is 12.8 Å². The second-order valence-corrected chi connectivity index (χ2v) is 4.70. The Morgan fingerprint density at radius 2 is 1.42 bits per heavy atom. The Labute approximate surface area is 80.4 Å². The van der Waals surface area contributed by atoms with Gasteiger partial charge in [-0.2, -0.15) is 10.2 Å². The Morgan fingerprint density at radius 3 is 1.67 bits per heavy atom. The average molecular weight is 191 g/mol. The van der Waals surface area contributed by atoms with Gasteiger partial charge in [0.25, 0.3) is 0 Å². The molecule has 0 unspecified atom stereocenters. The monoisotopic (exact) mass is 190 g/mol. The van der Waals surface area contributed by atoms with Crippen LogP contribution >= 0.6 is 11.6 Å². The molecule has 3 heteroatoms. The molecule has 0 aliphatic heterocycles. The van der Waals surface area contributed by atoms with Gasteiger partial charge < -0.3 is 0 Å². The van der Waals surface area contributed by atoms with Crippen molar-refractivity contribution in [2.24, 2.45) is 10.2 Å². The van der Waals surface area contributed by atoms with Gasteiger partial charge in [0.1, 0.15) is 0 Å². The summed E-state index contributed by atoms with van der Waals surface area (Å²) < 4.78 is 0. The number of nitrogens with zero attached hydrogens (tertiary/aromatic N) is 2. The Bertz CT molecular complexity index is 154. The first-order chi connectivity index (χ1) is 5.33. The number of hydrogen-bond donors (Lipinski definition) is 0. The van der Waals surface area contributed by atoms with Crippen LogP contribution in [-0.2, 0) is 0 Å². The lowest BCUT2D eigenvalue weighted by Crippen LogP contribution is -2.17. The highest BCUT2D eigenvalue weighted by Gasteiger charge is 2.22. The summed E-state index contributed by atoms with van der Waals surface area (Å²) in [7, 11) is 0. The average Bonchev–Trinajstić information content (AvgIpc) is 1.99. The van der Waals surface area contributed by atoms with E-state index in [0.29, 0.717) is 0 Å². The normalized spacial score (nSPS) is 14.2. The van der Waals surface area contributed by atoms with Crippen molar-refractivity contribution in [3.8, 4) is 0 Å². The molecule has 0 spiro atoms. The minimum Gasteiger partial charge on any atom is -0.187 e. The summed E-state index contributed by atoms with van der Waals surface area (Å²) >= 11 is 6.15. The number of azo groups is 1. The lowest BCUT2D eigenvalue weighted by atomic mass is 10.1. The van der Waals surface area contributed by atoms with Gasteiger partial charge in [0.05, 0.1) is 5.54 Å². The van der Waals surface area contributed by atoms with E-state index in [1.54, 1.807) is 0 Å². The van der Waals surface area contributed by atoms with Crippen molar-refractivity contribution in [2.75, 3.05) is 0 Å². The Balaban J connectivity index is 4.30. The van der Waals surface area contributed by atoms with E-state index in [2.05, 4.69) is 10.2 Å². The molecule has 0 saturated heterocycles. The summed E-state index contributed by atoms with van der Waals surface area (Å²) in [6.45, 7) is 10.1. The van der Waals surface area contributed by atoms with Crippen LogP contribution in [0.15, 0.2) is 10.2 Å². The van der Waals surface area contributed by atoms with Crippen LogP contribution in [0.4, 0.5) is 0 Å². The third kappa shape index (κ3) is 4.70. The summed E-state index contributed by atoms with van der Waals surface area (Å²) in [5.41, 5.74) is -0.121. The van der Waals surface area contributed by atoms with Gasteiger partial charge in [0.2, 0.25) is 0 Å². The summed E-state index contributed by atoms with van der Waals surface area (Å²) in [5.74, 6) is 0. The second-order valence-electron chi connectivity index (χ2n) is 4.00. The molecular weight excluding hydrogens is 172 g/mol. The summed E-state index contributed by atoms with van der Waals surface area (Å²) in [6, 6.07) is 0. The molecule has 0 aromatic carbocycles. The predicted molar refractivity (Wildman–Crippen MR) is 53.8 cm³/mol. The Morgan fingerprint density at radius 1 is 1.00 bits per heavy atom. The molecule has 12 heavy (non-hydrogen) atoms. The largest absolute Gasteiger partial charge is 0.187 e. The molecule has 0 heterocycles. The van der Waals surface area contributed by atoms with Crippen LogP contribution in [0.3, 0.4) is 0 Å². The molecule has 2 nitrogen and oxygen atoms in total. The van der Waals surface area contributed by atoms with Gasteiger partial charge in [-0.05, 0) is 33.6 Å². The van der Waals surface area contributed by atoms with E-state index in [1.165, 1.54) is 0 Å². The number of rotatable bonds is 3. The SMILES string of the molecule is CCC(Cl)(CC)N=NC(C)(C)C. The van der Waals surface area contributed by atoms with E-state index in [9.17, 15) is 0 Å². The topological polar surface area (TPSA) is 24.7 Å². The zero-order chi connectivity index (χ0) is 9.83. The standard InChI is InChI=1S/C9H19ClN2/c1-6-9(10,7-2)12-11-8(3,4)5/h6-7H2,1-5H3. The second kappa shape index (κ2) is 4.22. The number of halogens is 1. The molecule has 0 aliphatic carbocycles. The van der Waals surface area contributed by atoms with Gasteiger partial charge in [-0.25, -0.2) is 0 Å². The lowest BCUT2D eigenvalue weighted by molar-refractivity contribution is 0.464. The molecule has 0 aromatic heterocycles. The highest BCUT2D eigenvalue weighted by molar-refractivity contribution is 6.23. The maximum absolute atomic E-state index is 6.15. The number of hydrogen-bond acceptors (Lipinski definition) is 2. The zero-order valence-corrected chi connectivity index (χ0v) is 9.44. The van der Waals surface area contributed by atoms with Gasteiger partial charge >= 0.3 is 0 Å². The van der Waals surface area contributed by atoms with E-state index < -0.39 is 5.00 Å². The van der Waals surface area contributed by atoms with E-state index in [-0.39, 0.29) is 5.54 Å². The first kappa shape index (κ1) is 11.9. The Kier molecular flexibility index (Phi) is 4.18. The summed E-state index contributed by atoms with van der Waals surface area (Å²) in [6.07, 6.45) is 1.65. The van der Waals surface area contributed by atoms with Crippen LogP contribution in [0.1, 0.15) is 47.5 Å². The van der Waals surface area contributed by atoms with Crippen molar-refractivity contribution in [3.05, 3.63) is 0 Å². The van der Waals surface area contributed by atoms with Crippen molar-refractivity contribution < 1.29 is 0 Å². The molecule has 0 radical (unpaired) electrons. The van der Waals surface area contributed by atoms with Crippen molar-refractivity contribution >= 4 is 11.6 Å². The molecule has 0 aromatic rings. The maximum Gasteiger partial charge on any atom is 0.154 e. The van der Waals surface area contributed by atoms with Crippen molar-refractivity contribution in [1.29, 1.82) is 0 Å². The van der Waals surface area contributed by atoms with Gasteiger partial charge in [0.15, 0.2) is 5.00 Å². The van der Waals surface area contributed by atoms with E-state index in [1.807, 2.05) is 34.6 Å². The fraction of sp³-hybridized carbons (Fsp3) is 1.00. The zero-order valence-electron chi connectivity index (χ0n) is 8.69. The van der Waals surface area contributed by atoms with Gasteiger partial charge in [-0.3, -0.25) is 0 Å². The van der Waals surface area contributed by atoms with Crippen molar-refractivity contribution in [3.63, 3.8) is 0 Å². The smallest absolute Gasteiger partial charge is 0.154 e. The van der Waals surface area contributed by atoms with Crippen LogP contribution in [0.2, 0.25) is 0 Å². The molecule has 0 atom stereocenters. The Hall–Kier alpha value is -0.110. The molecule has 0 saturated carbocycles. The number of alkyl halides is 1. The van der Waals surface area contributed by atoms with Gasteiger partial charge in [-0.1, -0.05) is 25.4 Å². The highest BCUT2D eigenvalue weighted by Crippen LogP contribution is 2.27.